The van der Waals surface area contributed by atoms with Gasteiger partial charge in [-0.15, -0.1) is 0 Å². The minimum atomic E-state index is -2.22. The zero-order valence-electron chi connectivity index (χ0n) is 8.89. The zero-order chi connectivity index (χ0) is 11.1. The van der Waals surface area contributed by atoms with E-state index in [4.69, 9.17) is 9.88 Å². The van der Waals surface area contributed by atoms with Crippen molar-refractivity contribution in [2.24, 2.45) is 5.14 Å². The summed E-state index contributed by atoms with van der Waals surface area (Å²) >= 11 is 0. The van der Waals surface area contributed by atoms with Gasteiger partial charge in [0, 0.05) is 16.0 Å². The average Bonchev–Trinajstić information content (AvgIpc) is 2.17. The van der Waals surface area contributed by atoms with Gasteiger partial charge in [-0.3, -0.25) is 9.35 Å². The quantitative estimate of drug-likeness (QED) is 0.606. The Labute approximate surface area is 91.4 Å². The van der Waals surface area contributed by atoms with Crippen LogP contribution in [-0.4, -0.2) is 22.4 Å². The summed E-state index contributed by atoms with van der Waals surface area (Å²) in [6, 6.07) is 9.94. The molecule has 0 spiro atoms. The van der Waals surface area contributed by atoms with Crippen LogP contribution in [0.4, 0.5) is 0 Å². The van der Waals surface area contributed by atoms with E-state index in [1.807, 2.05) is 30.3 Å². The Bertz CT molecular complexity index is 386. The molecule has 0 fully saturated rings. The highest BCUT2D eigenvalue weighted by Gasteiger charge is 1.92. The number of ether oxygens (including phenoxy) is 1. The van der Waals surface area contributed by atoms with E-state index in [2.05, 4.69) is 0 Å². The highest BCUT2D eigenvalue weighted by molar-refractivity contribution is 7.98. The molecule has 0 aromatic heterocycles. The van der Waals surface area contributed by atoms with Gasteiger partial charge in [0.1, 0.15) is 0 Å². The molecular weight excluding hydrogens is 210 g/mol. The van der Waals surface area contributed by atoms with E-state index in [0.717, 1.165) is 5.56 Å². The maximum atomic E-state index is 11.1. The smallest absolute Gasteiger partial charge is 0.0717 e. The van der Waals surface area contributed by atoms with E-state index in [-0.39, 0.29) is 0 Å². The number of benzene rings is 1. The first-order chi connectivity index (χ1) is 7.08. The van der Waals surface area contributed by atoms with Gasteiger partial charge >= 0.3 is 0 Å². The monoisotopic (exact) mass is 227 g/mol. The van der Waals surface area contributed by atoms with Crippen LogP contribution in [-0.2, 0) is 21.1 Å². The molecule has 1 atom stereocenters. The normalized spacial score (nSPS) is 14.5. The molecule has 1 aromatic carbocycles. The maximum Gasteiger partial charge on any atom is 0.0717 e. The van der Waals surface area contributed by atoms with E-state index in [1.165, 1.54) is 6.26 Å². The van der Waals surface area contributed by atoms with E-state index >= 15 is 0 Å². The van der Waals surface area contributed by atoms with Gasteiger partial charge in [0.05, 0.1) is 13.2 Å². The zero-order valence-corrected chi connectivity index (χ0v) is 9.70. The van der Waals surface area contributed by atoms with Crippen LogP contribution in [0, 0.1) is 0 Å². The molecule has 2 N–H and O–H groups in total. The van der Waals surface area contributed by atoms with Crippen molar-refractivity contribution >= 4 is 15.1 Å². The molecule has 15 heavy (non-hydrogen) atoms. The molecule has 0 heterocycles. The van der Waals surface area contributed by atoms with E-state index < -0.39 is 9.71 Å². The Balaban J connectivity index is 2.21. The Morgan fingerprint density at radius 3 is 2.67 bits per heavy atom. The molecule has 0 saturated carbocycles. The number of hydrogen-bond donors (Lipinski definition) is 1. The minimum absolute atomic E-state index is 0.553. The fourth-order valence-corrected chi connectivity index (χ4v) is 1.69. The van der Waals surface area contributed by atoms with Crippen LogP contribution in [0.5, 0.6) is 0 Å². The van der Waals surface area contributed by atoms with Crippen molar-refractivity contribution < 1.29 is 8.95 Å². The summed E-state index contributed by atoms with van der Waals surface area (Å²) in [5.41, 5.74) is 1.14. The molecule has 0 amide bonds. The third-order valence-electron chi connectivity index (χ3n) is 1.82. The summed E-state index contributed by atoms with van der Waals surface area (Å²) in [5.74, 6) is 0. The molecule has 0 saturated heterocycles. The molecular formula is C11H17NO2S. The molecule has 0 aliphatic rings. The van der Waals surface area contributed by atoms with Crippen LogP contribution in [0.3, 0.4) is 0 Å². The second kappa shape index (κ2) is 5.90. The van der Waals surface area contributed by atoms with Crippen molar-refractivity contribution in [2.75, 3.05) is 12.9 Å². The molecule has 1 aromatic rings. The molecule has 0 aliphatic heterocycles. The maximum absolute atomic E-state index is 11.1. The lowest BCUT2D eigenvalue weighted by Crippen LogP contribution is -2.13. The minimum Gasteiger partial charge on any atom is -0.376 e. The van der Waals surface area contributed by atoms with Gasteiger partial charge in [0.2, 0.25) is 0 Å². The lowest BCUT2D eigenvalue weighted by Gasteiger charge is -2.02. The fraction of sp³-hybridized carbons (Fsp3) is 0.364. The topological polar surface area (TPSA) is 52.3 Å². The van der Waals surface area contributed by atoms with Crippen LogP contribution in [0.25, 0.3) is 0 Å². The van der Waals surface area contributed by atoms with Crippen LogP contribution < -0.4 is 5.14 Å². The van der Waals surface area contributed by atoms with Crippen molar-refractivity contribution in [1.29, 1.82) is 0 Å². The summed E-state index contributed by atoms with van der Waals surface area (Å²) in [6.07, 6.45) is 2.14. The largest absolute Gasteiger partial charge is 0.376 e. The Morgan fingerprint density at radius 1 is 1.40 bits per heavy atom. The predicted molar refractivity (Wildman–Crippen MR) is 65.0 cm³/mol. The highest BCUT2D eigenvalue weighted by atomic mass is 32.2. The van der Waals surface area contributed by atoms with Gasteiger partial charge in [-0.2, -0.15) is 0 Å². The standard InChI is InChI=1S/C11H17NO2S/c1-15(12,13)9-5-8-14-10-11-6-3-2-4-7-11/h2-4,6-7,9H,5,8,10H2,1H3,(H2,12,13). The summed E-state index contributed by atoms with van der Waals surface area (Å²) in [4.78, 5) is 0. The lowest BCUT2D eigenvalue weighted by atomic mass is 10.2. The van der Waals surface area contributed by atoms with Gasteiger partial charge in [0.15, 0.2) is 0 Å². The number of hydrogen-bond acceptors (Lipinski definition) is 2. The van der Waals surface area contributed by atoms with Crippen molar-refractivity contribution in [3.8, 4) is 0 Å². The average molecular weight is 227 g/mol. The summed E-state index contributed by atoms with van der Waals surface area (Å²) in [5, 5.41) is 6.95. The predicted octanol–water partition coefficient (Wildman–Crippen LogP) is 1.18. The van der Waals surface area contributed by atoms with Crippen LogP contribution in [0.2, 0.25) is 0 Å². The van der Waals surface area contributed by atoms with Gasteiger partial charge in [-0.05, 0) is 17.4 Å². The van der Waals surface area contributed by atoms with Gasteiger partial charge < -0.3 is 4.74 Å². The first kappa shape index (κ1) is 12.2. The molecule has 0 aliphatic carbocycles. The van der Waals surface area contributed by atoms with Crippen molar-refractivity contribution in [1.82, 2.24) is 0 Å². The first-order valence-electron chi connectivity index (χ1n) is 4.80. The third-order valence-corrected chi connectivity index (χ3v) is 2.72. The fourth-order valence-electron chi connectivity index (χ4n) is 1.13. The van der Waals surface area contributed by atoms with E-state index in [9.17, 15) is 4.21 Å². The third kappa shape index (κ3) is 6.28. The number of nitrogens with two attached hydrogens (primary N) is 1. The number of rotatable bonds is 5. The second-order valence-corrected chi connectivity index (χ2v) is 5.73. The van der Waals surface area contributed by atoms with Crippen LogP contribution >= 0.6 is 0 Å². The highest BCUT2D eigenvalue weighted by Crippen LogP contribution is 2.00. The molecule has 1 unspecified atom stereocenters. The first-order valence-corrected chi connectivity index (χ1v) is 6.89. The molecule has 4 heteroatoms. The van der Waals surface area contributed by atoms with Gasteiger partial charge in [0.25, 0.3) is 0 Å². The SMILES string of the molecule is CS(N)(=O)=CCCOCc1ccccc1. The Morgan fingerprint density at radius 2 is 2.07 bits per heavy atom. The molecule has 0 bridgehead atoms. The van der Waals surface area contributed by atoms with Gasteiger partial charge in [-0.1, -0.05) is 30.3 Å². The van der Waals surface area contributed by atoms with Crippen molar-refractivity contribution in [3.63, 3.8) is 0 Å². The molecule has 3 nitrogen and oxygen atoms in total. The van der Waals surface area contributed by atoms with E-state index in [1.54, 1.807) is 5.37 Å². The summed E-state index contributed by atoms with van der Waals surface area (Å²) in [7, 11) is -2.22. The van der Waals surface area contributed by atoms with Gasteiger partial charge in [-0.25, -0.2) is 0 Å². The Hall–Kier alpha value is -0.840. The van der Waals surface area contributed by atoms with Crippen LogP contribution in [0.15, 0.2) is 30.3 Å². The summed E-state index contributed by atoms with van der Waals surface area (Å²) in [6.45, 7) is 1.14. The van der Waals surface area contributed by atoms with Crippen molar-refractivity contribution in [2.45, 2.75) is 13.0 Å². The van der Waals surface area contributed by atoms with Crippen LogP contribution in [0.1, 0.15) is 12.0 Å². The summed E-state index contributed by atoms with van der Waals surface area (Å²) < 4.78 is 16.5. The lowest BCUT2D eigenvalue weighted by molar-refractivity contribution is 0.128. The molecule has 84 valence electrons. The molecule has 1 rings (SSSR count). The molecule has 0 radical (unpaired) electrons. The van der Waals surface area contributed by atoms with Crippen molar-refractivity contribution in [3.05, 3.63) is 35.9 Å². The second-order valence-electron chi connectivity index (χ2n) is 3.46. The van der Waals surface area contributed by atoms with E-state index in [0.29, 0.717) is 19.6 Å². The Kier molecular flexibility index (Phi) is 4.81.